The summed E-state index contributed by atoms with van der Waals surface area (Å²) in [7, 11) is 0. The maximum absolute atomic E-state index is 13.3. The van der Waals surface area contributed by atoms with Crippen molar-refractivity contribution in [3.63, 3.8) is 0 Å². The van der Waals surface area contributed by atoms with Crippen LogP contribution < -0.4 is 10.1 Å². The Morgan fingerprint density at radius 2 is 1.90 bits per heavy atom. The summed E-state index contributed by atoms with van der Waals surface area (Å²) in [6, 6.07) is 3.77. The van der Waals surface area contributed by atoms with E-state index < -0.39 is 17.8 Å². The van der Waals surface area contributed by atoms with Gasteiger partial charge in [0.1, 0.15) is 18.5 Å². The topological polar surface area (TPSA) is 54.0 Å². The summed E-state index contributed by atoms with van der Waals surface area (Å²) in [5.74, 6) is 0.125. The van der Waals surface area contributed by atoms with Crippen molar-refractivity contribution in [1.29, 1.82) is 0 Å². The first-order valence-corrected chi connectivity index (χ1v) is 9.15. The van der Waals surface area contributed by atoms with E-state index in [1.165, 1.54) is 0 Å². The molecule has 2 heterocycles. The number of morpholine rings is 1. The molecule has 1 aromatic rings. The van der Waals surface area contributed by atoms with E-state index in [2.05, 4.69) is 10.2 Å². The molecule has 0 bridgehead atoms. The van der Waals surface area contributed by atoms with Gasteiger partial charge in [0.15, 0.2) is 0 Å². The predicted molar refractivity (Wildman–Crippen MR) is 110 cm³/mol. The lowest BCUT2D eigenvalue weighted by Crippen LogP contribution is -2.42. The molecule has 29 heavy (non-hydrogen) atoms. The number of aliphatic hydroxyl groups is 1. The van der Waals surface area contributed by atoms with Gasteiger partial charge in [-0.05, 0) is 42.3 Å². The van der Waals surface area contributed by atoms with Crippen LogP contribution in [0, 0.1) is 0 Å². The van der Waals surface area contributed by atoms with Crippen LogP contribution in [0.1, 0.15) is 17.5 Å². The number of nitrogens with zero attached hydrogens (tertiary/aromatic N) is 1. The van der Waals surface area contributed by atoms with E-state index in [1.54, 1.807) is 6.07 Å². The Balaban J connectivity index is 0.00000210. The number of hydrogen-bond donors (Lipinski definition) is 2. The van der Waals surface area contributed by atoms with Gasteiger partial charge in [0.2, 0.25) is 0 Å². The molecule has 166 valence electrons. The highest BCUT2D eigenvalue weighted by Crippen LogP contribution is 2.35. The van der Waals surface area contributed by atoms with E-state index in [4.69, 9.17) is 9.47 Å². The highest BCUT2D eigenvalue weighted by Gasteiger charge is 2.32. The van der Waals surface area contributed by atoms with E-state index in [-0.39, 0.29) is 37.2 Å². The molecule has 0 aliphatic carbocycles. The van der Waals surface area contributed by atoms with Crippen LogP contribution in [-0.2, 0) is 10.9 Å². The Hall–Kier alpha value is -1.03. The molecular formula is C19H27Cl2F3N2O3. The zero-order valence-corrected chi connectivity index (χ0v) is 17.5. The predicted octanol–water partition coefficient (Wildman–Crippen LogP) is 3.00. The summed E-state index contributed by atoms with van der Waals surface area (Å²) in [6.07, 6.45) is -2.66. The second kappa shape index (κ2) is 12.0. The van der Waals surface area contributed by atoms with Gasteiger partial charge in [-0.1, -0.05) is 6.08 Å². The lowest BCUT2D eigenvalue weighted by molar-refractivity contribution is -0.137. The molecule has 2 aliphatic heterocycles. The van der Waals surface area contributed by atoms with Crippen LogP contribution in [0.5, 0.6) is 5.75 Å². The molecule has 1 atom stereocenters. The third-order valence-electron chi connectivity index (χ3n) is 4.68. The summed E-state index contributed by atoms with van der Waals surface area (Å²) >= 11 is 0. The van der Waals surface area contributed by atoms with Crippen molar-refractivity contribution in [2.24, 2.45) is 0 Å². The summed E-state index contributed by atoms with van der Waals surface area (Å²) < 4.78 is 50.6. The molecule has 3 rings (SSSR count). The van der Waals surface area contributed by atoms with Crippen LogP contribution in [0.25, 0.3) is 5.57 Å². The monoisotopic (exact) mass is 458 g/mol. The molecule has 0 radical (unpaired) electrons. The second-order valence-corrected chi connectivity index (χ2v) is 6.81. The van der Waals surface area contributed by atoms with Gasteiger partial charge < -0.3 is 19.9 Å². The van der Waals surface area contributed by atoms with Crippen molar-refractivity contribution in [1.82, 2.24) is 10.2 Å². The number of ether oxygens (including phenoxy) is 2. The van der Waals surface area contributed by atoms with E-state index >= 15 is 0 Å². The molecule has 0 aromatic heterocycles. The lowest BCUT2D eigenvalue weighted by Gasteiger charge is -2.28. The molecule has 1 saturated heterocycles. The fourth-order valence-corrected chi connectivity index (χ4v) is 3.24. The van der Waals surface area contributed by atoms with Crippen molar-refractivity contribution in [2.75, 3.05) is 52.5 Å². The van der Waals surface area contributed by atoms with Crippen molar-refractivity contribution >= 4 is 30.4 Å². The first kappa shape index (κ1) is 26.0. The Kier molecular flexibility index (Phi) is 10.7. The molecule has 1 fully saturated rings. The quantitative estimate of drug-likeness (QED) is 0.686. The highest BCUT2D eigenvalue weighted by atomic mass is 35.5. The Bertz CT molecular complexity index is 669. The molecule has 1 unspecified atom stereocenters. The Morgan fingerprint density at radius 3 is 2.52 bits per heavy atom. The fourth-order valence-electron chi connectivity index (χ4n) is 3.24. The van der Waals surface area contributed by atoms with E-state index in [0.717, 1.165) is 37.3 Å². The largest absolute Gasteiger partial charge is 0.491 e. The molecule has 5 nitrogen and oxygen atoms in total. The summed E-state index contributed by atoms with van der Waals surface area (Å²) in [6.45, 7) is 4.42. The van der Waals surface area contributed by atoms with Gasteiger partial charge in [-0.25, -0.2) is 0 Å². The average molecular weight is 459 g/mol. The van der Waals surface area contributed by atoms with Crippen LogP contribution in [0.15, 0.2) is 24.3 Å². The van der Waals surface area contributed by atoms with Crippen LogP contribution in [0.2, 0.25) is 0 Å². The van der Waals surface area contributed by atoms with E-state index in [1.807, 2.05) is 6.08 Å². The van der Waals surface area contributed by atoms with E-state index in [9.17, 15) is 18.3 Å². The van der Waals surface area contributed by atoms with Crippen molar-refractivity contribution < 1.29 is 27.8 Å². The molecule has 0 amide bonds. The zero-order valence-electron chi connectivity index (χ0n) is 15.9. The molecular weight excluding hydrogens is 432 g/mol. The maximum atomic E-state index is 13.3. The number of hydrogen-bond acceptors (Lipinski definition) is 5. The second-order valence-electron chi connectivity index (χ2n) is 6.81. The van der Waals surface area contributed by atoms with Gasteiger partial charge in [-0.2, -0.15) is 13.2 Å². The minimum atomic E-state index is -4.45. The van der Waals surface area contributed by atoms with Gasteiger partial charge in [-0.3, -0.25) is 4.90 Å². The molecule has 0 saturated carbocycles. The molecule has 2 aliphatic rings. The van der Waals surface area contributed by atoms with Crippen molar-refractivity contribution in [3.8, 4) is 5.75 Å². The minimum absolute atomic E-state index is 0. The van der Waals surface area contributed by atoms with Gasteiger partial charge in [0, 0.05) is 26.2 Å². The van der Waals surface area contributed by atoms with Crippen LogP contribution in [0.3, 0.4) is 0 Å². The fraction of sp³-hybridized carbons (Fsp3) is 0.579. The van der Waals surface area contributed by atoms with Gasteiger partial charge in [0.25, 0.3) is 0 Å². The number of halogens is 5. The molecule has 0 spiro atoms. The molecule has 1 aromatic carbocycles. The third kappa shape index (κ3) is 7.96. The first-order valence-electron chi connectivity index (χ1n) is 9.15. The summed E-state index contributed by atoms with van der Waals surface area (Å²) in [5, 5.41) is 13.3. The zero-order chi connectivity index (χ0) is 19.3. The summed E-state index contributed by atoms with van der Waals surface area (Å²) in [5.41, 5.74) is 0.652. The van der Waals surface area contributed by atoms with Gasteiger partial charge in [0.05, 0.1) is 18.8 Å². The van der Waals surface area contributed by atoms with Crippen LogP contribution in [0.4, 0.5) is 13.2 Å². The van der Waals surface area contributed by atoms with Crippen molar-refractivity contribution in [2.45, 2.75) is 18.7 Å². The number of β-amino-alcohol motifs (C(OH)–C–C–N with tert-alkyl or cyclic N) is 1. The average Bonchev–Trinajstić information content (AvgIpc) is 2.67. The summed E-state index contributed by atoms with van der Waals surface area (Å²) in [4.78, 5) is 2.05. The number of rotatable bonds is 6. The lowest BCUT2D eigenvalue weighted by atomic mass is 9.98. The first-order chi connectivity index (χ1) is 12.9. The standard InChI is InChI=1S/C19H25F3N2O3.2ClH/c20-19(21,22)16-9-15(14-1-3-23-4-2-14)10-18(11-16)27-13-17(25)12-24-5-7-26-8-6-24;;/h1,9-11,17,23,25H,2-8,12-13H2;2*1H. The molecule has 10 heteroatoms. The van der Waals surface area contributed by atoms with Crippen LogP contribution in [-0.4, -0.2) is 68.7 Å². The number of nitrogens with one attached hydrogen (secondary N) is 1. The highest BCUT2D eigenvalue weighted by molar-refractivity contribution is 5.85. The normalized spacial score (nSPS) is 18.8. The maximum Gasteiger partial charge on any atom is 0.416 e. The Labute approximate surface area is 181 Å². The van der Waals surface area contributed by atoms with E-state index in [0.29, 0.717) is 38.3 Å². The number of benzene rings is 1. The minimum Gasteiger partial charge on any atom is -0.491 e. The SMILES string of the molecule is Cl.Cl.OC(COc1cc(C2=CCNCC2)cc(C(F)(F)F)c1)CN1CCOCC1. The van der Waals surface area contributed by atoms with Gasteiger partial charge in [-0.15, -0.1) is 24.8 Å². The third-order valence-corrected chi connectivity index (χ3v) is 4.68. The molecule has 2 N–H and O–H groups in total. The van der Waals surface area contributed by atoms with Gasteiger partial charge >= 0.3 is 6.18 Å². The smallest absolute Gasteiger partial charge is 0.416 e. The Morgan fingerprint density at radius 1 is 1.17 bits per heavy atom. The van der Waals surface area contributed by atoms with Crippen molar-refractivity contribution in [3.05, 3.63) is 35.4 Å². The number of aliphatic hydroxyl groups excluding tert-OH is 1. The number of alkyl halides is 3. The van der Waals surface area contributed by atoms with Crippen LogP contribution >= 0.6 is 24.8 Å².